The standard InChI is InChI=1S/C35H36ClN3O7/c1-23(8-6-13-31(42)37(16-17-40)21-25-9-4-3-5-10-25)35(45)29-19-27(36)14-15-30(29)38(34(35)44)22-26-11-7-12-28(18-26)39-32(43)20-33(39)46-24(2)41/h3-12,14-15,18-19,23,33,40,45H,13,16-17,20-22H2,1-2H3/b8-6+/t23-,33?,35+/m1/s1. The van der Waals surface area contributed by atoms with Crippen molar-refractivity contribution in [2.45, 2.75) is 51.6 Å². The summed E-state index contributed by atoms with van der Waals surface area (Å²) in [6, 6.07) is 21.4. The molecule has 2 heterocycles. The van der Waals surface area contributed by atoms with E-state index in [0.717, 1.165) is 5.56 Å². The van der Waals surface area contributed by atoms with Gasteiger partial charge in [0.05, 0.1) is 25.3 Å². The smallest absolute Gasteiger partial charge is 0.304 e. The highest BCUT2D eigenvalue weighted by Gasteiger charge is 2.52. The lowest BCUT2D eigenvalue weighted by atomic mass is 9.83. The molecular formula is C35H36ClN3O7. The third-order valence-electron chi connectivity index (χ3n) is 8.28. The number of hydrogen-bond donors (Lipinski definition) is 2. The maximum atomic E-state index is 14.0. The van der Waals surface area contributed by atoms with E-state index in [1.165, 1.54) is 16.7 Å². The zero-order valence-corrected chi connectivity index (χ0v) is 26.4. The highest BCUT2D eigenvalue weighted by molar-refractivity contribution is 6.31. The van der Waals surface area contributed by atoms with Crippen LogP contribution in [0, 0.1) is 5.92 Å². The Balaban J connectivity index is 1.34. The van der Waals surface area contributed by atoms with E-state index in [2.05, 4.69) is 0 Å². The number of ether oxygens (including phenoxy) is 1. The van der Waals surface area contributed by atoms with Crippen LogP contribution in [-0.2, 0) is 42.6 Å². The Bertz CT molecular complexity index is 1660. The Kier molecular flexibility index (Phi) is 9.91. The molecule has 1 saturated heterocycles. The number of esters is 1. The van der Waals surface area contributed by atoms with E-state index in [4.69, 9.17) is 16.3 Å². The van der Waals surface area contributed by atoms with Crippen molar-refractivity contribution < 1.29 is 34.1 Å². The lowest BCUT2D eigenvalue weighted by Gasteiger charge is -2.39. The number of rotatable bonds is 12. The van der Waals surface area contributed by atoms with Gasteiger partial charge in [0.15, 0.2) is 11.8 Å². The molecule has 5 rings (SSSR count). The number of benzene rings is 3. The van der Waals surface area contributed by atoms with Gasteiger partial charge in [-0.15, -0.1) is 0 Å². The van der Waals surface area contributed by atoms with Crippen LogP contribution in [-0.4, -0.2) is 58.2 Å². The van der Waals surface area contributed by atoms with Crippen LogP contribution in [0.1, 0.15) is 43.4 Å². The molecule has 2 aliphatic heterocycles. The number of aliphatic hydroxyl groups is 2. The number of β-lactam (4-membered cyclic amide) rings is 1. The molecule has 46 heavy (non-hydrogen) atoms. The van der Waals surface area contributed by atoms with E-state index < -0.39 is 29.6 Å². The first-order valence-electron chi connectivity index (χ1n) is 15.0. The summed E-state index contributed by atoms with van der Waals surface area (Å²) in [6.07, 6.45) is 2.71. The summed E-state index contributed by atoms with van der Waals surface area (Å²) >= 11 is 6.33. The molecule has 0 bridgehead atoms. The van der Waals surface area contributed by atoms with Crippen molar-refractivity contribution in [3.8, 4) is 0 Å². The number of hydrogen-bond acceptors (Lipinski definition) is 7. The summed E-state index contributed by atoms with van der Waals surface area (Å²) in [7, 11) is 0. The molecule has 2 N–H and O–H groups in total. The molecule has 240 valence electrons. The molecule has 3 aromatic rings. The molecule has 3 aromatic carbocycles. The fourth-order valence-electron chi connectivity index (χ4n) is 5.90. The van der Waals surface area contributed by atoms with Crippen molar-refractivity contribution in [3.63, 3.8) is 0 Å². The average Bonchev–Trinajstić information content (AvgIpc) is 3.22. The third kappa shape index (κ3) is 6.69. The number of carbonyl (C=O) groups is 4. The molecule has 11 heteroatoms. The minimum Gasteiger partial charge on any atom is -0.441 e. The molecule has 0 spiro atoms. The van der Waals surface area contributed by atoms with Gasteiger partial charge < -0.3 is 24.7 Å². The second-order valence-electron chi connectivity index (χ2n) is 11.5. The minimum atomic E-state index is -1.96. The highest BCUT2D eigenvalue weighted by Crippen LogP contribution is 2.47. The van der Waals surface area contributed by atoms with E-state index in [1.807, 2.05) is 30.3 Å². The predicted octanol–water partition coefficient (Wildman–Crippen LogP) is 4.30. The first-order valence-corrected chi connectivity index (χ1v) is 15.4. The predicted molar refractivity (Wildman–Crippen MR) is 173 cm³/mol. The molecule has 0 aliphatic carbocycles. The summed E-state index contributed by atoms with van der Waals surface area (Å²) in [4.78, 5) is 55.3. The van der Waals surface area contributed by atoms with E-state index in [1.54, 1.807) is 66.4 Å². The number of carbonyl (C=O) groups excluding carboxylic acids is 4. The minimum absolute atomic E-state index is 0.0178. The van der Waals surface area contributed by atoms with Crippen LogP contribution in [0.3, 0.4) is 0 Å². The van der Waals surface area contributed by atoms with Gasteiger partial charge in [-0.3, -0.25) is 24.1 Å². The van der Waals surface area contributed by atoms with Gasteiger partial charge in [0, 0.05) is 48.6 Å². The van der Waals surface area contributed by atoms with Gasteiger partial charge in [0.1, 0.15) is 0 Å². The molecule has 0 aromatic heterocycles. The topological polar surface area (TPSA) is 128 Å². The molecule has 0 radical (unpaired) electrons. The van der Waals surface area contributed by atoms with Gasteiger partial charge in [-0.05, 0) is 41.5 Å². The number of amides is 3. The lowest BCUT2D eigenvalue weighted by molar-refractivity contribution is -0.154. The second-order valence-corrected chi connectivity index (χ2v) is 11.9. The summed E-state index contributed by atoms with van der Waals surface area (Å²) in [5.41, 5.74) is 1.04. The van der Waals surface area contributed by atoms with Gasteiger partial charge in [0.2, 0.25) is 11.8 Å². The second kappa shape index (κ2) is 13.9. The molecule has 3 amide bonds. The number of fused-ring (bicyclic) bond motifs is 1. The van der Waals surface area contributed by atoms with Crippen LogP contribution in [0.2, 0.25) is 5.02 Å². The first-order chi connectivity index (χ1) is 22.0. The van der Waals surface area contributed by atoms with Crippen LogP contribution in [0.25, 0.3) is 0 Å². The SMILES string of the molecule is CC(=O)OC1CC(=O)N1c1cccc(CN2C(=O)[C@](O)([C@H](C)/C=C/CC(=O)N(CCO)Cc3ccccc3)c3cc(Cl)ccc32)c1. The van der Waals surface area contributed by atoms with Crippen molar-refractivity contribution in [1.82, 2.24) is 4.90 Å². The van der Waals surface area contributed by atoms with Gasteiger partial charge in [-0.1, -0.05) is 73.1 Å². The summed E-state index contributed by atoms with van der Waals surface area (Å²) in [5.74, 6) is -2.16. The highest BCUT2D eigenvalue weighted by atomic mass is 35.5. The van der Waals surface area contributed by atoms with Crippen LogP contribution < -0.4 is 9.80 Å². The summed E-state index contributed by atoms with van der Waals surface area (Å²) < 4.78 is 5.24. The maximum absolute atomic E-state index is 14.0. The van der Waals surface area contributed by atoms with Crippen molar-refractivity contribution in [1.29, 1.82) is 0 Å². The Morgan fingerprint density at radius 3 is 2.52 bits per heavy atom. The summed E-state index contributed by atoms with van der Waals surface area (Å²) in [5, 5.41) is 21.9. The maximum Gasteiger partial charge on any atom is 0.304 e. The Morgan fingerprint density at radius 1 is 1.09 bits per heavy atom. The Hall–Kier alpha value is -4.51. The quantitative estimate of drug-likeness (QED) is 0.171. The summed E-state index contributed by atoms with van der Waals surface area (Å²) in [6.45, 7) is 3.43. The molecule has 2 aliphatic rings. The largest absolute Gasteiger partial charge is 0.441 e. The third-order valence-corrected chi connectivity index (χ3v) is 8.52. The van der Waals surface area contributed by atoms with Crippen molar-refractivity contribution in [2.75, 3.05) is 23.0 Å². The van der Waals surface area contributed by atoms with Gasteiger partial charge in [-0.25, -0.2) is 0 Å². The van der Waals surface area contributed by atoms with Crippen LogP contribution in [0.4, 0.5) is 11.4 Å². The first kappa shape index (κ1) is 32.9. The zero-order valence-electron chi connectivity index (χ0n) is 25.6. The van der Waals surface area contributed by atoms with Crippen LogP contribution in [0.15, 0.2) is 84.9 Å². The number of halogens is 1. The van der Waals surface area contributed by atoms with Crippen molar-refractivity contribution >= 4 is 46.7 Å². The van der Waals surface area contributed by atoms with Gasteiger partial charge in [0.25, 0.3) is 5.91 Å². The fraction of sp³-hybridized carbons (Fsp3) is 0.314. The molecule has 1 unspecified atom stereocenters. The zero-order chi connectivity index (χ0) is 33.0. The molecule has 0 saturated carbocycles. The van der Waals surface area contributed by atoms with E-state index in [9.17, 15) is 29.4 Å². The Labute approximate surface area is 272 Å². The number of aliphatic hydroxyl groups excluding tert-OH is 1. The molecule has 1 fully saturated rings. The fourth-order valence-corrected chi connectivity index (χ4v) is 6.08. The van der Waals surface area contributed by atoms with Crippen LogP contribution >= 0.6 is 11.6 Å². The van der Waals surface area contributed by atoms with Crippen molar-refractivity contribution in [3.05, 3.63) is 107 Å². The number of anilines is 2. The van der Waals surface area contributed by atoms with Gasteiger partial charge in [-0.2, -0.15) is 0 Å². The average molecular weight is 646 g/mol. The molecular weight excluding hydrogens is 610 g/mol. The monoisotopic (exact) mass is 645 g/mol. The Morgan fingerprint density at radius 2 is 1.83 bits per heavy atom. The number of nitrogens with zero attached hydrogens (tertiary/aromatic N) is 3. The molecule has 10 nitrogen and oxygen atoms in total. The van der Waals surface area contributed by atoms with Gasteiger partial charge >= 0.3 is 5.97 Å². The van der Waals surface area contributed by atoms with E-state index in [0.29, 0.717) is 34.1 Å². The lowest BCUT2D eigenvalue weighted by Crippen LogP contribution is -2.54. The van der Waals surface area contributed by atoms with E-state index in [-0.39, 0.29) is 44.4 Å². The molecule has 3 atom stereocenters. The van der Waals surface area contributed by atoms with Crippen molar-refractivity contribution in [2.24, 2.45) is 5.92 Å². The normalized spacial score (nSPS) is 19.6. The van der Waals surface area contributed by atoms with E-state index >= 15 is 0 Å². The van der Waals surface area contributed by atoms with Crippen LogP contribution in [0.5, 0.6) is 0 Å².